The van der Waals surface area contributed by atoms with Crippen molar-refractivity contribution in [3.8, 4) is 5.75 Å². The summed E-state index contributed by atoms with van der Waals surface area (Å²) in [6, 6.07) is 9.59. The second kappa shape index (κ2) is 8.68. The van der Waals surface area contributed by atoms with Crippen LogP contribution in [0, 0.1) is 5.82 Å². The van der Waals surface area contributed by atoms with E-state index in [0.717, 1.165) is 28.6 Å². The van der Waals surface area contributed by atoms with Crippen LogP contribution >= 0.6 is 0 Å². The van der Waals surface area contributed by atoms with Gasteiger partial charge in [0.25, 0.3) is 0 Å². The molecule has 0 aliphatic carbocycles. The van der Waals surface area contributed by atoms with Gasteiger partial charge in [-0.05, 0) is 29.8 Å². The molecule has 0 aliphatic heterocycles. The van der Waals surface area contributed by atoms with E-state index in [9.17, 15) is 26.0 Å². The number of sulfonamides is 1. The first-order chi connectivity index (χ1) is 12.6. The molecule has 0 spiro atoms. The highest BCUT2D eigenvalue weighted by Gasteiger charge is 2.35. The Hall–Kier alpha value is -2.17. The SMILES string of the molecule is COCCN(Cc1ccc(F)cc1)S(=O)(=O)c1ccccc1OC(F)(F)F. The average Bonchev–Trinajstić information content (AvgIpc) is 2.59. The summed E-state index contributed by atoms with van der Waals surface area (Å²) < 4.78 is 86.5. The van der Waals surface area contributed by atoms with Crippen LogP contribution in [-0.4, -0.2) is 39.3 Å². The fourth-order valence-corrected chi connectivity index (χ4v) is 3.81. The van der Waals surface area contributed by atoms with E-state index >= 15 is 0 Å². The number of ether oxygens (including phenoxy) is 2. The Kier molecular flexibility index (Phi) is 6.79. The molecule has 2 aromatic carbocycles. The maximum atomic E-state index is 13.1. The summed E-state index contributed by atoms with van der Waals surface area (Å²) in [5.41, 5.74) is 0.463. The number of nitrogens with zero attached hydrogens (tertiary/aromatic N) is 1. The Labute approximate surface area is 154 Å². The first kappa shape index (κ1) is 21.1. The number of methoxy groups -OCH3 is 1. The van der Waals surface area contributed by atoms with Crippen molar-refractivity contribution in [3.05, 3.63) is 59.9 Å². The second-order valence-corrected chi connectivity index (χ2v) is 7.36. The van der Waals surface area contributed by atoms with Gasteiger partial charge in [-0.2, -0.15) is 4.31 Å². The lowest BCUT2D eigenvalue weighted by atomic mass is 10.2. The summed E-state index contributed by atoms with van der Waals surface area (Å²) >= 11 is 0. The number of hydrogen-bond acceptors (Lipinski definition) is 4. The van der Waals surface area contributed by atoms with Gasteiger partial charge in [0.2, 0.25) is 10.0 Å². The molecule has 0 unspecified atom stereocenters. The van der Waals surface area contributed by atoms with Gasteiger partial charge in [-0.1, -0.05) is 24.3 Å². The summed E-state index contributed by atoms with van der Waals surface area (Å²) in [6.07, 6.45) is -5.04. The van der Waals surface area contributed by atoms with Crippen LogP contribution in [0.15, 0.2) is 53.4 Å². The Morgan fingerprint density at radius 2 is 1.67 bits per heavy atom. The maximum absolute atomic E-state index is 13.1. The van der Waals surface area contributed by atoms with Gasteiger partial charge in [0.15, 0.2) is 0 Å². The number of hydrogen-bond donors (Lipinski definition) is 0. The molecule has 2 aromatic rings. The average molecular weight is 407 g/mol. The molecule has 27 heavy (non-hydrogen) atoms. The van der Waals surface area contributed by atoms with Gasteiger partial charge in [-0.25, -0.2) is 12.8 Å². The van der Waals surface area contributed by atoms with Crippen LogP contribution in [0.4, 0.5) is 17.6 Å². The zero-order chi connectivity index (χ0) is 20.1. The van der Waals surface area contributed by atoms with E-state index in [1.54, 1.807) is 0 Å². The van der Waals surface area contributed by atoms with E-state index in [2.05, 4.69) is 4.74 Å². The normalized spacial score (nSPS) is 12.4. The highest BCUT2D eigenvalue weighted by molar-refractivity contribution is 7.89. The Bertz CT molecular complexity index is 854. The van der Waals surface area contributed by atoms with E-state index in [1.807, 2.05) is 0 Å². The van der Waals surface area contributed by atoms with E-state index in [1.165, 1.54) is 31.4 Å². The molecule has 0 radical (unpaired) electrons. The van der Waals surface area contributed by atoms with Crippen molar-refractivity contribution in [2.75, 3.05) is 20.3 Å². The molecule has 0 fully saturated rings. The highest BCUT2D eigenvalue weighted by atomic mass is 32.2. The largest absolute Gasteiger partial charge is 0.573 e. The molecule has 0 bridgehead atoms. The molecule has 2 rings (SSSR count). The van der Waals surface area contributed by atoms with Crippen LogP contribution in [0.1, 0.15) is 5.56 Å². The molecule has 0 amide bonds. The van der Waals surface area contributed by atoms with Gasteiger partial charge in [-0.15, -0.1) is 13.2 Å². The molecule has 0 aliphatic rings. The molecule has 0 heterocycles. The molecule has 148 valence electrons. The first-order valence-electron chi connectivity index (χ1n) is 7.72. The number of alkyl halides is 3. The Balaban J connectivity index is 2.40. The van der Waals surface area contributed by atoms with Crippen molar-refractivity contribution >= 4 is 10.0 Å². The predicted molar refractivity (Wildman–Crippen MR) is 89.0 cm³/mol. The smallest absolute Gasteiger partial charge is 0.404 e. The summed E-state index contributed by atoms with van der Waals surface area (Å²) in [4.78, 5) is -0.625. The van der Waals surface area contributed by atoms with Crippen LogP contribution in [0.5, 0.6) is 5.75 Å². The quantitative estimate of drug-likeness (QED) is 0.628. The zero-order valence-electron chi connectivity index (χ0n) is 14.2. The molecule has 0 N–H and O–H groups in total. The molecule has 0 atom stereocenters. The molecule has 0 saturated carbocycles. The van der Waals surface area contributed by atoms with Crippen LogP contribution in [0.2, 0.25) is 0 Å². The minimum Gasteiger partial charge on any atom is -0.404 e. The van der Waals surface area contributed by atoms with Gasteiger partial charge in [0.05, 0.1) is 6.61 Å². The summed E-state index contributed by atoms with van der Waals surface area (Å²) in [5, 5.41) is 0. The number of halogens is 4. The minimum atomic E-state index is -5.04. The molecule has 10 heteroatoms. The lowest BCUT2D eigenvalue weighted by Crippen LogP contribution is -2.34. The standard InChI is InChI=1S/C17H17F4NO4S/c1-25-11-10-22(12-13-6-8-14(18)9-7-13)27(23,24)16-5-3-2-4-15(16)26-17(19,20)21/h2-9H,10-12H2,1H3. The number of para-hydroxylation sites is 1. The fraction of sp³-hybridized carbons (Fsp3) is 0.294. The Morgan fingerprint density at radius 1 is 1.04 bits per heavy atom. The van der Waals surface area contributed by atoms with Crippen molar-refractivity contribution in [3.63, 3.8) is 0 Å². The lowest BCUT2D eigenvalue weighted by molar-refractivity contribution is -0.275. The maximum Gasteiger partial charge on any atom is 0.573 e. The lowest BCUT2D eigenvalue weighted by Gasteiger charge is -2.23. The van der Waals surface area contributed by atoms with Crippen LogP contribution in [0.3, 0.4) is 0 Å². The van der Waals surface area contributed by atoms with Crippen molar-refractivity contribution in [2.45, 2.75) is 17.8 Å². The first-order valence-corrected chi connectivity index (χ1v) is 9.16. The zero-order valence-corrected chi connectivity index (χ0v) is 15.1. The summed E-state index contributed by atoms with van der Waals surface area (Å²) in [7, 11) is -2.99. The van der Waals surface area contributed by atoms with Gasteiger partial charge in [0.1, 0.15) is 16.5 Å². The van der Waals surface area contributed by atoms with Crippen molar-refractivity contribution in [1.82, 2.24) is 4.31 Å². The summed E-state index contributed by atoms with van der Waals surface area (Å²) in [6.45, 7) is -0.272. The van der Waals surface area contributed by atoms with E-state index < -0.39 is 32.8 Å². The van der Waals surface area contributed by atoms with Crippen molar-refractivity contribution in [1.29, 1.82) is 0 Å². The third-order valence-electron chi connectivity index (χ3n) is 3.51. The summed E-state index contributed by atoms with van der Waals surface area (Å²) in [5.74, 6) is -1.32. The van der Waals surface area contributed by atoms with Crippen molar-refractivity contribution < 1.29 is 35.5 Å². The van der Waals surface area contributed by atoms with E-state index in [4.69, 9.17) is 4.74 Å². The van der Waals surface area contributed by atoms with Gasteiger partial charge < -0.3 is 9.47 Å². The third kappa shape index (κ3) is 5.91. The van der Waals surface area contributed by atoms with Gasteiger partial charge >= 0.3 is 6.36 Å². The number of benzene rings is 2. The van der Waals surface area contributed by atoms with Gasteiger partial charge in [0, 0.05) is 20.2 Å². The minimum absolute atomic E-state index is 0.0166. The molecule has 5 nitrogen and oxygen atoms in total. The molecular formula is C17H17F4NO4S. The molecule has 0 saturated heterocycles. The van der Waals surface area contributed by atoms with Crippen LogP contribution in [0.25, 0.3) is 0 Å². The highest BCUT2D eigenvalue weighted by Crippen LogP contribution is 2.31. The van der Waals surface area contributed by atoms with Crippen LogP contribution < -0.4 is 4.74 Å². The van der Waals surface area contributed by atoms with Gasteiger partial charge in [-0.3, -0.25) is 0 Å². The fourth-order valence-electron chi connectivity index (χ4n) is 2.28. The van der Waals surface area contributed by atoms with E-state index in [0.29, 0.717) is 5.56 Å². The van der Waals surface area contributed by atoms with Crippen LogP contribution in [-0.2, 0) is 21.3 Å². The third-order valence-corrected chi connectivity index (χ3v) is 5.39. The second-order valence-electron chi connectivity index (χ2n) is 5.45. The Morgan fingerprint density at radius 3 is 2.26 bits per heavy atom. The monoisotopic (exact) mass is 407 g/mol. The topological polar surface area (TPSA) is 55.8 Å². The molecular weight excluding hydrogens is 390 g/mol. The molecule has 0 aromatic heterocycles. The van der Waals surface area contributed by atoms with Crippen molar-refractivity contribution in [2.24, 2.45) is 0 Å². The number of rotatable bonds is 8. The van der Waals surface area contributed by atoms with E-state index in [-0.39, 0.29) is 19.7 Å². The predicted octanol–water partition coefficient (Wildman–Crippen LogP) is 3.56.